The Morgan fingerprint density at radius 3 is 2.47 bits per heavy atom. The lowest BCUT2D eigenvalue weighted by Gasteiger charge is -2.22. The molecule has 1 aliphatic rings. The van der Waals surface area contributed by atoms with Crippen LogP contribution in [0, 0.1) is 11.8 Å². The number of likely N-dealkylation sites (N-methyl/N-ethyl adjacent to an activating group) is 1. The molecule has 5 heteroatoms. The first-order chi connectivity index (χ1) is 7.93. The molecule has 1 amide bonds. The van der Waals surface area contributed by atoms with Crippen LogP contribution in [0.5, 0.6) is 0 Å². The summed E-state index contributed by atoms with van der Waals surface area (Å²) in [5.74, 6) is -1.79. The van der Waals surface area contributed by atoms with Gasteiger partial charge in [0, 0.05) is 12.6 Å². The molecule has 98 valence electrons. The minimum atomic E-state index is -0.844. The summed E-state index contributed by atoms with van der Waals surface area (Å²) in [6, 6.07) is 0.253. The molecule has 5 nitrogen and oxygen atoms in total. The van der Waals surface area contributed by atoms with E-state index < -0.39 is 11.9 Å². The van der Waals surface area contributed by atoms with Crippen LogP contribution in [0.15, 0.2) is 0 Å². The number of carbonyl (C=O) groups excluding carboxylic acids is 1. The lowest BCUT2D eigenvalue weighted by Crippen LogP contribution is -2.42. The maximum Gasteiger partial charge on any atom is 0.307 e. The van der Waals surface area contributed by atoms with Crippen molar-refractivity contribution in [2.24, 2.45) is 11.8 Å². The molecule has 0 aromatic heterocycles. The summed E-state index contributed by atoms with van der Waals surface area (Å²) < 4.78 is 0. The molecular formula is C12H22N2O3. The van der Waals surface area contributed by atoms with Crippen LogP contribution in [-0.4, -0.2) is 48.6 Å². The Kier molecular flexibility index (Phi) is 4.93. The topological polar surface area (TPSA) is 69.6 Å². The third-order valence-electron chi connectivity index (χ3n) is 3.62. The number of hydrogen-bond acceptors (Lipinski definition) is 3. The van der Waals surface area contributed by atoms with Crippen molar-refractivity contribution in [3.05, 3.63) is 0 Å². The van der Waals surface area contributed by atoms with E-state index in [0.717, 1.165) is 6.42 Å². The number of hydrogen-bond donors (Lipinski definition) is 2. The van der Waals surface area contributed by atoms with Gasteiger partial charge in [-0.25, -0.2) is 0 Å². The van der Waals surface area contributed by atoms with Gasteiger partial charge in [0.2, 0.25) is 5.91 Å². The van der Waals surface area contributed by atoms with E-state index in [4.69, 9.17) is 5.11 Å². The van der Waals surface area contributed by atoms with Gasteiger partial charge in [-0.3, -0.25) is 9.59 Å². The molecule has 0 aliphatic heterocycles. The molecule has 0 aromatic carbocycles. The number of carboxylic acid groups (broad SMARTS) is 1. The molecule has 0 aromatic rings. The fourth-order valence-electron chi connectivity index (χ4n) is 2.13. The highest BCUT2D eigenvalue weighted by atomic mass is 16.4. The van der Waals surface area contributed by atoms with Crippen LogP contribution in [0.4, 0.5) is 0 Å². The smallest absolute Gasteiger partial charge is 0.307 e. The molecule has 1 saturated carbocycles. The molecule has 1 unspecified atom stereocenters. The fourth-order valence-corrected chi connectivity index (χ4v) is 2.13. The van der Waals surface area contributed by atoms with E-state index in [-0.39, 0.29) is 17.9 Å². The lowest BCUT2D eigenvalue weighted by molar-refractivity contribution is -0.146. The van der Waals surface area contributed by atoms with Crippen molar-refractivity contribution in [1.29, 1.82) is 0 Å². The van der Waals surface area contributed by atoms with Crippen LogP contribution in [0.25, 0.3) is 0 Å². The zero-order valence-corrected chi connectivity index (χ0v) is 10.8. The number of aliphatic carboxylic acids is 1. The van der Waals surface area contributed by atoms with Crippen LogP contribution in [0.2, 0.25) is 0 Å². The van der Waals surface area contributed by atoms with Gasteiger partial charge in [-0.1, -0.05) is 6.42 Å². The summed E-state index contributed by atoms with van der Waals surface area (Å²) in [5.41, 5.74) is 0. The Morgan fingerprint density at radius 1 is 1.35 bits per heavy atom. The molecule has 3 atom stereocenters. The Morgan fingerprint density at radius 2 is 1.94 bits per heavy atom. The Balaban J connectivity index is 2.44. The molecule has 1 fully saturated rings. The Hall–Kier alpha value is -1.10. The predicted octanol–water partition coefficient (Wildman–Crippen LogP) is 0.554. The zero-order valence-electron chi connectivity index (χ0n) is 10.8. The van der Waals surface area contributed by atoms with Crippen molar-refractivity contribution < 1.29 is 14.7 Å². The van der Waals surface area contributed by atoms with E-state index in [1.807, 2.05) is 25.9 Å². The molecular weight excluding hydrogens is 220 g/mol. The second-order valence-electron chi connectivity index (χ2n) is 5.04. The standard InChI is InChI=1S/C12H22N2O3/c1-8(14(2)3)7-13-11(15)9-5-4-6-10(9)12(16)17/h8-10H,4-7H2,1-3H3,(H,13,15)(H,16,17)/t8?,9-,10+/m1/s1. The van der Waals surface area contributed by atoms with Crippen molar-refractivity contribution in [3.8, 4) is 0 Å². The normalized spacial score (nSPS) is 25.9. The van der Waals surface area contributed by atoms with Crippen LogP contribution in [-0.2, 0) is 9.59 Å². The monoisotopic (exact) mass is 242 g/mol. The zero-order chi connectivity index (χ0) is 13.0. The average Bonchev–Trinajstić information content (AvgIpc) is 2.73. The number of rotatable bonds is 5. The molecule has 0 heterocycles. The van der Waals surface area contributed by atoms with Gasteiger partial charge in [0.1, 0.15) is 0 Å². The minimum Gasteiger partial charge on any atom is -0.481 e. The average molecular weight is 242 g/mol. The quantitative estimate of drug-likeness (QED) is 0.739. The number of nitrogens with one attached hydrogen (secondary N) is 1. The molecule has 0 bridgehead atoms. The van der Waals surface area contributed by atoms with Crippen LogP contribution in [0.1, 0.15) is 26.2 Å². The summed E-state index contributed by atoms with van der Waals surface area (Å²) >= 11 is 0. The van der Waals surface area contributed by atoms with Crippen molar-refractivity contribution in [1.82, 2.24) is 10.2 Å². The Bertz CT molecular complexity index is 291. The number of nitrogens with zero attached hydrogens (tertiary/aromatic N) is 1. The lowest BCUT2D eigenvalue weighted by atomic mass is 9.95. The van der Waals surface area contributed by atoms with Crippen molar-refractivity contribution >= 4 is 11.9 Å². The van der Waals surface area contributed by atoms with Crippen LogP contribution in [0.3, 0.4) is 0 Å². The van der Waals surface area contributed by atoms with E-state index in [2.05, 4.69) is 5.32 Å². The van der Waals surface area contributed by atoms with E-state index in [1.165, 1.54) is 0 Å². The van der Waals surface area contributed by atoms with Crippen LogP contribution >= 0.6 is 0 Å². The van der Waals surface area contributed by atoms with Gasteiger partial charge in [-0.2, -0.15) is 0 Å². The molecule has 0 spiro atoms. The summed E-state index contributed by atoms with van der Waals surface area (Å²) in [6.07, 6.45) is 2.15. The van der Waals surface area contributed by atoms with Gasteiger partial charge in [0.05, 0.1) is 11.8 Å². The molecule has 1 rings (SSSR count). The largest absolute Gasteiger partial charge is 0.481 e. The van der Waals surface area contributed by atoms with Crippen LogP contribution < -0.4 is 5.32 Å². The highest BCUT2D eigenvalue weighted by molar-refractivity contribution is 5.85. The van der Waals surface area contributed by atoms with E-state index >= 15 is 0 Å². The SMILES string of the molecule is CC(CNC(=O)[C@@H]1CCC[C@@H]1C(=O)O)N(C)C. The van der Waals surface area contributed by atoms with Gasteiger partial charge in [-0.05, 0) is 33.9 Å². The van der Waals surface area contributed by atoms with Gasteiger partial charge >= 0.3 is 5.97 Å². The first-order valence-electron chi connectivity index (χ1n) is 6.10. The Labute approximate surface area is 102 Å². The molecule has 1 aliphatic carbocycles. The number of carboxylic acids is 1. The highest BCUT2D eigenvalue weighted by Crippen LogP contribution is 2.31. The predicted molar refractivity (Wildman–Crippen MR) is 64.6 cm³/mol. The van der Waals surface area contributed by atoms with Crippen molar-refractivity contribution in [3.63, 3.8) is 0 Å². The summed E-state index contributed by atoms with van der Waals surface area (Å²) in [6.45, 7) is 2.58. The maximum atomic E-state index is 11.9. The molecule has 0 radical (unpaired) electrons. The number of carbonyl (C=O) groups is 2. The van der Waals surface area contributed by atoms with Gasteiger partial charge < -0.3 is 15.3 Å². The van der Waals surface area contributed by atoms with E-state index in [0.29, 0.717) is 19.4 Å². The minimum absolute atomic E-state index is 0.108. The van der Waals surface area contributed by atoms with Gasteiger partial charge in [0.15, 0.2) is 0 Å². The van der Waals surface area contributed by atoms with E-state index in [1.54, 1.807) is 0 Å². The third kappa shape index (κ3) is 3.70. The van der Waals surface area contributed by atoms with Crippen molar-refractivity contribution in [2.75, 3.05) is 20.6 Å². The third-order valence-corrected chi connectivity index (χ3v) is 3.62. The van der Waals surface area contributed by atoms with E-state index in [9.17, 15) is 9.59 Å². The summed E-state index contributed by atoms with van der Waals surface area (Å²) in [4.78, 5) is 24.9. The fraction of sp³-hybridized carbons (Fsp3) is 0.833. The first kappa shape index (κ1) is 14.0. The number of amides is 1. The highest BCUT2D eigenvalue weighted by Gasteiger charge is 2.37. The maximum absolute atomic E-state index is 11.9. The summed E-state index contributed by atoms with van der Waals surface area (Å²) in [5, 5.41) is 11.9. The molecule has 0 saturated heterocycles. The summed E-state index contributed by atoms with van der Waals surface area (Å²) in [7, 11) is 3.90. The van der Waals surface area contributed by atoms with Gasteiger partial charge in [-0.15, -0.1) is 0 Å². The first-order valence-corrected chi connectivity index (χ1v) is 6.10. The van der Waals surface area contributed by atoms with Crippen molar-refractivity contribution in [2.45, 2.75) is 32.2 Å². The van der Waals surface area contributed by atoms with Gasteiger partial charge in [0.25, 0.3) is 0 Å². The molecule has 17 heavy (non-hydrogen) atoms. The second-order valence-corrected chi connectivity index (χ2v) is 5.04. The second kappa shape index (κ2) is 6.00. The molecule has 2 N–H and O–H groups in total.